The molecule has 0 amide bonds. The summed E-state index contributed by atoms with van der Waals surface area (Å²) in [4.78, 5) is 11.3. The van der Waals surface area contributed by atoms with Crippen LogP contribution in [0.1, 0.15) is 19.4 Å². The van der Waals surface area contributed by atoms with Crippen LogP contribution in [0.25, 0.3) is 5.70 Å². The summed E-state index contributed by atoms with van der Waals surface area (Å²) in [5, 5.41) is 2.69. The van der Waals surface area contributed by atoms with Crippen LogP contribution in [0.5, 0.6) is 0 Å². The summed E-state index contributed by atoms with van der Waals surface area (Å²) in [7, 11) is 0. The van der Waals surface area contributed by atoms with Gasteiger partial charge >= 0.3 is 12.1 Å². The van der Waals surface area contributed by atoms with E-state index in [2.05, 4.69) is 5.32 Å². The molecule has 0 bridgehead atoms. The summed E-state index contributed by atoms with van der Waals surface area (Å²) in [6.45, 7) is 3.34. The minimum absolute atomic E-state index is 0.0838. The molecule has 0 saturated carbocycles. The summed E-state index contributed by atoms with van der Waals surface area (Å²) in [6.07, 6.45) is -5.62. The van der Waals surface area contributed by atoms with Crippen LogP contribution in [0.2, 0.25) is 0 Å². The van der Waals surface area contributed by atoms with Gasteiger partial charge in [-0.1, -0.05) is 30.3 Å². The lowest BCUT2D eigenvalue weighted by Gasteiger charge is -2.19. The average Bonchev–Trinajstić information content (AvgIpc) is 2.37. The van der Waals surface area contributed by atoms with Gasteiger partial charge in [0.25, 0.3) is 0 Å². The Hall–Kier alpha value is -1.92. The molecule has 116 valence electrons. The Morgan fingerprint density at radius 3 is 2.05 bits per heavy atom. The fraction of sp³-hybridized carbons (Fsp3) is 0.357. The van der Waals surface area contributed by atoms with Gasteiger partial charge in [0, 0.05) is 17.8 Å². The van der Waals surface area contributed by atoms with Gasteiger partial charge in [0.1, 0.15) is 0 Å². The molecule has 0 saturated heterocycles. The summed E-state index contributed by atoms with van der Waals surface area (Å²) in [6, 6.07) is 7.57. The van der Waals surface area contributed by atoms with Crippen molar-refractivity contribution in [2.24, 2.45) is 0 Å². The molecule has 1 rings (SSSR count). The Morgan fingerprint density at radius 1 is 1.10 bits per heavy atom. The van der Waals surface area contributed by atoms with Gasteiger partial charge in [0.15, 0.2) is 0 Å². The van der Waals surface area contributed by atoms with Crippen molar-refractivity contribution in [3.8, 4) is 0 Å². The highest BCUT2D eigenvalue weighted by molar-refractivity contribution is 6.01. The van der Waals surface area contributed by atoms with Gasteiger partial charge in [0.05, 0.1) is 0 Å². The molecule has 0 aliphatic heterocycles. The van der Waals surface area contributed by atoms with Gasteiger partial charge in [-0.15, -0.1) is 0 Å². The van der Waals surface area contributed by atoms with E-state index in [4.69, 9.17) is 0 Å². The molecular formula is C14H14F5NO. The van der Waals surface area contributed by atoms with Crippen molar-refractivity contribution in [3.63, 3.8) is 0 Å². The summed E-state index contributed by atoms with van der Waals surface area (Å²) >= 11 is 0. The van der Waals surface area contributed by atoms with Gasteiger partial charge in [-0.05, 0) is 19.4 Å². The van der Waals surface area contributed by atoms with Crippen LogP contribution in [-0.4, -0.2) is 23.9 Å². The fourth-order valence-electron chi connectivity index (χ4n) is 1.50. The van der Waals surface area contributed by atoms with Gasteiger partial charge in [-0.3, -0.25) is 4.79 Å². The quantitative estimate of drug-likeness (QED) is 0.662. The van der Waals surface area contributed by atoms with Crippen LogP contribution in [0.3, 0.4) is 0 Å². The molecule has 1 aromatic carbocycles. The minimum atomic E-state index is -5.92. The molecule has 0 aliphatic carbocycles. The largest absolute Gasteiger partial charge is 0.461 e. The molecule has 0 aliphatic rings. The predicted octanol–water partition coefficient (Wildman–Crippen LogP) is 3.79. The third-order valence-corrected chi connectivity index (χ3v) is 2.47. The number of rotatable bonds is 5. The van der Waals surface area contributed by atoms with E-state index in [1.807, 2.05) is 0 Å². The van der Waals surface area contributed by atoms with E-state index in [-0.39, 0.29) is 11.7 Å². The monoisotopic (exact) mass is 307 g/mol. The Labute approximate surface area is 118 Å². The van der Waals surface area contributed by atoms with E-state index in [0.29, 0.717) is 11.6 Å². The number of benzene rings is 1. The highest BCUT2D eigenvalue weighted by Crippen LogP contribution is 2.36. The number of carbonyl (C=O) groups is 1. The van der Waals surface area contributed by atoms with Crippen LogP contribution in [0.4, 0.5) is 22.0 Å². The van der Waals surface area contributed by atoms with Crippen LogP contribution in [-0.2, 0) is 4.79 Å². The Kier molecular flexibility index (Phi) is 5.09. The topological polar surface area (TPSA) is 29.1 Å². The Morgan fingerprint density at radius 2 is 1.62 bits per heavy atom. The minimum Gasteiger partial charge on any atom is -0.382 e. The van der Waals surface area contributed by atoms with Gasteiger partial charge in [-0.25, -0.2) is 0 Å². The number of halogens is 5. The lowest BCUT2D eigenvalue weighted by molar-refractivity contribution is -0.266. The van der Waals surface area contributed by atoms with E-state index in [0.717, 1.165) is 0 Å². The van der Waals surface area contributed by atoms with E-state index in [1.54, 1.807) is 32.0 Å². The number of hydrogen-bond acceptors (Lipinski definition) is 2. The molecule has 0 aromatic heterocycles. The molecule has 1 aromatic rings. The highest BCUT2D eigenvalue weighted by Gasteiger charge is 2.62. The van der Waals surface area contributed by atoms with E-state index in [1.165, 1.54) is 12.1 Å². The molecular weight excluding hydrogens is 293 g/mol. The summed E-state index contributed by atoms with van der Waals surface area (Å²) in [5.41, 5.74) is 0.261. The number of ketones is 1. The molecule has 0 spiro atoms. The number of hydrogen-bond donors (Lipinski definition) is 1. The summed E-state index contributed by atoms with van der Waals surface area (Å²) in [5.74, 6) is -7.71. The standard InChI is InChI=1S/C14H14F5NO/c1-9(2)20-11(10-6-4-3-5-7-10)8-12(21)13(15,16)14(17,18)19/h3-9,20H,1-2H3/b11-8+. The predicted molar refractivity (Wildman–Crippen MR) is 68.7 cm³/mol. The van der Waals surface area contributed by atoms with E-state index >= 15 is 0 Å². The van der Waals surface area contributed by atoms with Crippen molar-refractivity contribution in [1.82, 2.24) is 5.32 Å². The average molecular weight is 307 g/mol. The van der Waals surface area contributed by atoms with Crippen LogP contribution in [0.15, 0.2) is 36.4 Å². The molecule has 0 atom stereocenters. The zero-order valence-electron chi connectivity index (χ0n) is 11.3. The lowest BCUT2D eigenvalue weighted by Crippen LogP contribution is -2.43. The zero-order chi connectivity index (χ0) is 16.3. The van der Waals surface area contributed by atoms with E-state index < -0.39 is 17.9 Å². The first-order valence-corrected chi connectivity index (χ1v) is 6.08. The third kappa shape index (κ3) is 4.27. The molecule has 2 nitrogen and oxygen atoms in total. The normalized spacial score (nSPS) is 13.4. The van der Waals surface area contributed by atoms with Gasteiger partial charge < -0.3 is 5.32 Å². The summed E-state index contributed by atoms with van der Waals surface area (Å²) < 4.78 is 62.5. The Balaban J connectivity index is 3.18. The molecule has 0 radical (unpaired) electrons. The van der Waals surface area contributed by atoms with E-state index in [9.17, 15) is 26.7 Å². The molecule has 0 unspecified atom stereocenters. The van der Waals surface area contributed by atoms with Crippen molar-refractivity contribution < 1.29 is 26.7 Å². The second kappa shape index (κ2) is 6.24. The molecule has 7 heteroatoms. The fourth-order valence-corrected chi connectivity index (χ4v) is 1.50. The number of allylic oxidation sites excluding steroid dienone is 1. The number of carbonyl (C=O) groups excluding carboxylic acids is 1. The number of alkyl halides is 5. The van der Waals surface area contributed by atoms with Crippen LogP contribution >= 0.6 is 0 Å². The van der Waals surface area contributed by atoms with Gasteiger partial charge in [-0.2, -0.15) is 22.0 Å². The second-order valence-corrected chi connectivity index (χ2v) is 4.66. The zero-order valence-corrected chi connectivity index (χ0v) is 11.3. The van der Waals surface area contributed by atoms with Crippen molar-refractivity contribution in [2.45, 2.75) is 32.0 Å². The molecule has 21 heavy (non-hydrogen) atoms. The second-order valence-electron chi connectivity index (χ2n) is 4.66. The number of nitrogens with one attached hydrogen (secondary N) is 1. The van der Waals surface area contributed by atoms with Crippen molar-refractivity contribution >= 4 is 11.5 Å². The third-order valence-electron chi connectivity index (χ3n) is 2.47. The first-order valence-electron chi connectivity index (χ1n) is 6.08. The SMILES string of the molecule is CC(C)N/C(=C/C(=O)C(F)(F)C(F)(F)F)c1ccccc1. The van der Waals surface area contributed by atoms with Crippen LogP contribution < -0.4 is 5.32 Å². The maximum Gasteiger partial charge on any atom is 0.461 e. The maximum absolute atomic E-state index is 13.0. The molecule has 0 heterocycles. The van der Waals surface area contributed by atoms with Crippen molar-refractivity contribution in [2.75, 3.05) is 0 Å². The van der Waals surface area contributed by atoms with Crippen molar-refractivity contribution in [1.29, 1.82) is 0 Å². The van der Waals surface area contributed by atoms with Gasteiger partial charge in [0.2, 0.25) is 5.78 Å². The van der Waals surface area contributed by atoms with Crippen molar-refractivity contribution in [3.05, 3.63) is 42.0 Å². The Bertz CT molecular complexity index is 520. The first kappa shape index (κ1) is 17.1. The molecule has 1 N–H and O–H groups in total. The highest BCUT2D eigenvalue weighted by atomic mass is 19.4. The lowest BCUT2D eigenvalue weighted by atomic mass is 10.1. The smallest absolute Gasteiger partial charge is 0.382 e. The first-order chi connectivity index (χ1) is 9.55. The maximum atomic E-state index is 13.0. The van der Waals surface area contributed by atoms with Crippen LogP contribution in [0, 0.1) is 0 Å². The molecule has 0 fully saturated rings.